The maximum Gasteiger partial charge on any atom is 0.410 e. The average molecular weight is 620 g/mol. The molecule has 240 valence electrons. The van der Waals surface area contributed by atoms with Gasteiger partial charge in [-0.3, -0.25) is 14.3 Å². The van der Waals surface area contributed by atoms with Crippen LogP contribution in [-0.2, 0) is 18.9 Å². The maximum absolute atomic E-state index is 12.9. The Morgan fingerprint density at radius 1 is 1.00 bits per heavy atom. The van der Waals surface area contributed by atoms with Gasteiger partial charge in [0.25, 0.3) is 5.91 Å². The monoisotopic (exact) mass is 619 g/mol. The van der Waals surface area contributed by atoms with Gasteiger partial charge in [0.1, 0.15) is 30.2 Å². The number of nitrogens with one attached hydrogen (secondary N) is 1. The summed E-state index contributed by atoms with van der Waals surface area (Å²) in [4.78, 5) is 43.2. The van der Waals surface area contributed by atoms with Gasteiger partial charge in [0.15, 0.2) is 29.0 Å². The van der Waals surface area contributed by atoms with Gasteiger partial charge in [0.05, 0.1) is 6.33 Å². The molecule has 4 saturated heterocycles. The SMILES string of the molecule is CC(C)(C)OC(=O)N1CCC2(CC1)CCN2C[C@H]1O[C@@H](n2cnc3c(NC(=O)c4ccccc4)ncnc32)[C@@H]2OC(C)(C)O[C@@H]21. The predicted octanol–water partition coefficient (Wildman–Crippen LogP) is 3.97. The molecule has 0 aliphatic carbocycles. The number of hydrogen-bond acceptors (Lipinski definition) is 10. The van der Waals surface area contributed by atoms with Crippen molar-refractivity contribution >= 4 is 29.0 Å². The van der Waals surface area contributed by atoms with Gasteiger partial charge in [-0.15, -0.1) is 0 Å². The van der Waals surface area contributed by atoms with Crippen LogP contribution in [-0.4, -0.2) is 103 Å². The molecule has 0 bridgehead atoms. The summed E-state index contributed by atoms with van der Waals surface area (Å²) in [7, 11) is 0. The van der Waals surface area contributed by atoms with Crippen molar-refractivity contribution in [1.29, 1.82) is 0 Å². The smallest absolute Gasteiger partial charge is 0.410 e. The van der Waals surface area contributed by atoms with Crippen LogP contribution in [0.4, 0.5) is 10.6 Å². The van der Waals surface area contributed by atoms with Crippen molar-refractivity contribution in [3.8, 4) is 0 Å². The molecule has 2 amide bonds. The Bertz CT molecular complexity index is 1580. The van der Waals surface area contributed by atoms with E-state index in [1.807, 2.05) is 62.3 Å². The first-order valence-electron chi connectivity index (χ1n) is 15.7. The summed E-state index contributed by atoms with van der Waals surface area (Å²) in [5, 5.41) is 2.87. The molecule has 13 nitrogen and oxygen atoms in total. The fourth-order valence-electron chi connectivity index (χ4n) is 7.02. The Balaban J connectivity index is 1.07. The Morgan fingerprint density at radius 2 is 1.71 bits per heavy atom. The highest BCUT2D eigenvalue weighted by Gasteiger charge is 2.58. The fraction of sp³-hybridized carbons (Fsp3) is 0.594. The lowest BCUT2D eigenvalue weighted by molar-refractivity contribution is -0.202. The molecule has 2 aromatic heterocycles. The van der Waals surface area contributed by atoms with Crippen molar-refractivity contribution in [3.63, 3.8) is 0 Å². The van der Waals surface area contributed by atoms with E-state index in [1.54, 1.807) is 18.5 Å². The second kappa shape index (κ2) is 11.0. The van der Waals surface area contributed by atoms with Crippen molar-refractivity contribution in [2.24, 2.45) is 0 Å². The van der Waals surface area contributed by atoms with E-state index in [0.29, 0.717) is 42.2 Å². The van der Waals surface area contributed by atoms with Gasteiger partial charge < -0.3 is 29.2 Å². The van der Waals surface area contributed by atoms with Crippen LogP contribution in [0.15, 0.2) is 43.0 Å². The molecule has 1 spiro atoms. The van der Waals surface area contributed by atoms with Crippen molar-refractivity contribution in [2.45, 2.75) is 95.3 Å². The van der Waals surface area contributed by atoms with Crippen LogP contribution in [0.1, 0.15) is 70.5 Å². The summed E-state index contributed by atoms with van der Waals surface area (Å²) in [5.41, 5.74) is 1.03. The zero-order valence-corrected chi connectivity index (χ0v) is 26.4. The molecule has 3 aromatic rings. The van der Waals surface area contributed by atoms with Gasteiger partial charge in [0.2, 0.25) is 0 Å². The van der Waals surface area contributed by atoms with Crippen molar-refractivity contribution in [2.75, 3.05) is 31.5 Å². The highest BCUT2D eigenvalue weighted by molar-refractivity contribution is 6.06. The minimum absolute atomic E-state index is 0.0330. The molecule has 0 saturated carbocycles. The van der Waals surface area contributed by atoms with Crippen LogP contribution in [0.25, 0.3) is 11.2 Å². The summed E-state index contributed by atoms with van der Waals surface area (Å²) >= 11 is 0. The number of aromatic nitrogens is 4. The number of benzene rings is 1. The predicted molar refractivity (Wildman–Crippen MR) is 163 cm³/mol. The summed E-state index contributed by atoms with van der Waals surface area (Å²) < 4.78 is 27.0. The lowest BCUT2D eigenvalue weighted by atomic mass is 9.76. The number of hydrogen-bond donors (Lipinski definition) is 1. The highest BCUT2D eigenvalue weighted by atomic mass is 16.8. The summed E-state index contributed by atoms with van der Waals surface area (Å²) in [6, 6.07) is 8.96. The van der Waals surface area contributed by atoms with E-state index in [2.05, 4.69) is 25.2 Å². The van der Waals surface area contributed by atoms with Crippen LogP contribution in [0.5, 0.6) is 0 Å². The van der Waals surface area contributed by atoms with E-state index in [1.165, 1.54) is 6.33 Å². The molecular weight excluding hydrogens is 578 g/mol. The molecule has 0 unspecified atom stereocenters. The first-order valence-corrected chi connectivity index (χ1v) is 15.7. The van der Waals surface area contributed by atoms with Gasteiger partial charge in [0, 0.05) is 37.3 Å². The van der Waals surface area contributed by atoms with Gasteiger partial charge in [-0.1, -0.05) is 18.2 Å². The Kier molecular flexibility index (Phi) is 7.34. The van der Waals surface area contributed by atoms with Crippen LogP contribution < -0.4 is 5.32 Å². The quantitative estimate of drug-likeness (QED) is 0.447. The van der Waals surface area contributed by atoms with Crippen LogP contribution in [0, 0.1) is 0 Å². The molecule has 45 heavy (non-hydrogen) atoms. The minimum atomic E-state index is -0.777. The number of ether oxygens (including phenoxy) is 4. The molecule has 0 radical (unpaired) electrons. The molecular formula is C32H41N7O6. The molecule has 4 aliphatic rings. The Labute approximate surface area is 262 Å². The van der Waals surface area contributed by atoms with Gasteiger partial charge in [-0.25, -0.2) is 19.7 Å². The van der Waals surface area contributed by atoms with Crippen molar-refractivity contribution in [1.82, 2.24) is 29.3 Å². The second-order valence-corrected chi connectivity index (χ2v) is 13.9. The third kappa shape index (κ3) is 5.66. The average Bonchev–Trinajstić information content (AvgIpc) is 3.66. The van der Waals surface area contributed by atoms with Crippen LogP contribution >= 0.6 is 0 Å². The lowest BCUT2D eigenvalue weighted by Crippen LogP contribution is -2.66. The Morgan fingerprint density at radius 3 is 2.40 bits per heavy atom. The first kappa shape index (κ1) is 30.0. The van der Waals surface area contributed by atoms with Gasteiger partial charge >= 0.3 is 6.09 Å². The minimum Gasteiger partial charge on any atom is -0.444 e. The molecule has 4 aliphatic heterocycles. The number of piperidine rings is 1. The van der Waals surface area contributed by atoms with E-state index in [-0.39, 0.29) is 35.9 Å². The number of nitrogens with zero attached hydrogens (tertiary/aromatic N) is 6. The summed E-state index contributed by atoms with van der Waals surface area (Å²) in [6.07, 6.45) is 4.23. The number of amides is 2. The number of carbonyl (C=O) groups is 2. The van der Waals surface area contributed by atoms with Crippen molar-refractivity contribution < 1.29 is 28.5 Å². The fourth-order valence-corrected chi connectivity index (χ4v) is 7.02. The lowest BCUT2D eigenvalue weighted by Gasteiger charge is -2.57. The molecule has 13 heteroatoms. The van der Waals surface area contributed by atoms with Gasteiger partial charge in [-0.05, 0) is 66.0 Å². The second-order valence-electron chi connectivity index (χ2n) is 13.9. The van der Waals surface area contributed by atoms with Crippen molar-refractivity contribution in [3.05, 3.63) is 48.5 Å². The largest absolute Gasteiger partial charge is 0.444 e. The highest BCUT2D eigenvalue weighted by Crippen LogP contribution is 2.47. The maximum atomic E-state index is 12.9. The number of rotatable bonds is 5. The number of imidazole rings is 1. The number of fused-ring (bicyclic) bond motifs is 2. The number of anilines is 1. The van der Waals surface area contributed by atoms with E-state index in [0.717, 1.165) is 25.8 Å². The molecule has 4 atom stereocenters. The molecule has 7 rings (SSSR count). The summed E-state index contributed by atoms with van der Waals surface area (Å²) in [6.45, 7) is 12.5. The van der Waals surface area contributed by atoms with E-state index in [4.69, 9.17) is 18.9 Å². The molecule has 4 fully saturated rings. The zero-order chi connectivity index (χ0) is 31.6. The standard InChI is InChI=1S/C32H41N7O6/c1-30(2,3)45-29(41)37-14-11-32(12-15-37)13-16-38(32)17-21-23-24(44-31(4,5)43-23)28(42-21)39-19-35-22-25(33-18-34-26(22)39)36-27(40)20-9-7-6-8-10-20/h6-10,18-19,21,23-24,28H,11-17H2,1-5H3,(H,33,34,36,40)/t21-,23-,24-,28-/m1/s1. The van der Waals surface area contributed by atoms with Gasteiger partial charge in [-0.2, -0.15) is 0 Å². The number of carbonyl (C=O) groups excluding carboxylic acids is 2. The third-order valence-corrected chi connectivity index (χ3v) is 9.29. The molecule has 6 heterocycles. The van der Waals surface area contributed by atoms with Crippen LogP contribution in [0.3, 0.4) is 0 Å². The molecule has 1 aromatic carbocycles. The van der Waals surface area contributed by atoms with E-state index in [9.17, 15) is 9.59 Å². The Hall–Kier alpha value is -3.65. The normalized spacial score (nSPS) is 27.4. The van der Waals surface area contributed by atoms with E-state index >= 15 is 0 Å². The zero-order valence-electron chi connectivity index (χ0n) is 26.4. The third-order valence-electron chi connectivity index (χ3n) is 9.29. The first-order chi connectivity index (χ1) is 21.4. The number of likely N-dealkylation sites (tertiary alicyclic amines) is 2. The topological polar surface area (TPSA) is 133 Å². The van der Waals surface area contributed by atoms with E-state index < -0.39 is 17.6 Å². The van der Waals surface area contributed by atoms with Crippen LogP contribution in [0.2, 0.25) is 0 Å². The molecule has 1 N–H and O–H groups in total. The summed E-state index contributed by atoms with van der Waals surface area (Å²) in [5.74, 6) is -0.735.